The van der Waals surface area contributed by atoms with Crippen molar-refractivity contribution in [1.82, 2.24) is 14.5 Å². The normalized spacial score (nSPS) is 10.5. The molecule has 2 aromatic rings. The van der Waals surface area contributed by atoms with E-state index >= 15 is 0 Å². The molecule has 2 rings (SSSR count). The van der Waals surface area contributed by atoms with Crippen LogP contribution in [0.4, 0.5) is 0 Å². The van der Waals surface area contributed by atoms with Crippen LogP contribution in [0.5, 0.6) is 0 Å². The zero-order valence-corrected chi connectivity index (χ0v) is 10.1. The minimum absolute atomic E-state index is 0.0367. The van der Waals surface area contributed by atoms with Crippen LogP contribution in [-0.2, 0) is 12.8 Å². The minimum atomic E-state index is 0.0367. The number of aromatic nitrogens is 3. The number of hydrogen-bond donors (Lipinski definition) is 1. The second-order valence-corrected chi connectivity index (χ2v) is 4.07. The highest BCUT2D eigenvalue weighted by Gasteiger charge is 2.06. The van der Waals surface area contributed by atoms with Crippen molar-refractivity contribution < 1.29 is 4.79 Å². The maximum Gasteiger partial charge on any atom is 0.232 e. The molecule has 2 heterocycles. The number of imidazole rings is 1. The van der Waals surface area contributed by atoms with Gasteiger partial charge in [0, 0.05) is 31.4 Å². The van der Waals surface area contributed by atoms with Crippen molar-refractivity contribution in [3.63, 3.8) is 0 Å². The molecule has 5 heteroatoms. The van der Waals surface area contributed by atoms with Crippen LogP contribution >= 0.6 is 0 Å². The van der Waals surface area contributed by atoms with Crippen LogP contribution in [-0.4, -0.2) is 27.0 Å². The highest BCUT2D eigenvalue weighted by Crippen LogP contribution is 2.04. The van der Waals surface area contributed by atoms with E-state index in [9.17, 15) is 4.79 Å². The summed E-state index contributed by atoms with van der Waals surface area (Å²) in [6.45, 7) is 0.543. The number of nitrogens with zero attached hydrogens (tertiary/aromatic N) is 3. The summed E-state index contributed by atoms with van der Waals surface area (Å²) in [7, 11) is 0. The zero-order chi connectivity index (χ0) is 12.8. The van der Waals surface area contributed by atoms with Gasteiger partial charge in [-0.15, -0.1) is 0 Å². The maximum atomic E-state index is 11.9. The Hall–Kier alpha value is -2.01. The number of pyridine rings is 1. The molecule has 0 bridgehead atoms. The summed E-state index contributed by atoms with van der Waals surface area (Å²) in [6, 6.07) is 3.84. The Labute approximate surface area is 106 Å². The molecule has 18 heavy (non-hydrogen) atoms. The third-order valence-electron chi connectivity index (χ3n) is 2.67. The summed E-state index contributed by atoms with van der Waals surface area (Å²) in [6.07, 6.45) is 8.64. The smallest absolute Gasteiger partial charge is 0.232 e. The van der Waals surface area contributed by atoms with Gasteiger partial charge < -0.3 is 5.73 Å². The molecule has 2 N–H and O–H groups in total. The van der Waals surface area contributed by atoms with Gasteiger partial charge in [-0.2, -0.15) is 0 Å². The van der Waals surface area contributed by atoms with E-state index in [1.165, 1.54) is 4.57 Å². The van der Waals surface area contributed by atoms with E-state index in [1.807, 2.05) is 12.1 Å². The Bertz CT molecular complexity index is 507. The number of carbonyl (C=O) groups excluding carboxylic acids is 1. The Kier molecular flexibility index (Phi) is 4.20. The standard InChI is InChI=1S/C13H16N4O/c14-6-5-12-9-17(10-16-12)13(18)4-3-11-2-1-7-15-8-11/h1-2,7-10H,3-6,14H2. The van der Waals surface area contributed by atoms with Crippen molar-refractivity contribution in [2.45, 2.75) is 19.3 Å². The number of nitrogens with two attached hydrogens (primary N) is 1. The second kappa shape index (κ2) is 6.07. The predicted octanol–water partition coefficient (Wildman–Crippen LogP) is 1.05. The van der Waals surface area contributed by atoms with Gasteiger partial charge >= 0.3 is 0 Å². The van der Waals surface area contributed by atoms with Gasteiger partial charge in [-0.3, -0.25) is 14.3 Å². The molecule has 0 aliphatic carbocycles. The molecule has 0 amide bonds. The highest BCUT2D eigenvalue weighted by atomic mass is 16.2. The third kappa shape index (κ3) is 3.24. The molecular formula is C13H16N4O. The average molecular weight is 244 g/mol. The van der Waals surface area contributed by atoms with Crippen LogP contribution in [0.15, 0.2) is 37.1 Å². The molecule has 94 valence electrons. The van der Waals surface area contributed by atoms with Gasteiger partial charge in [0.25, 0.3) is 0 Å². The molecule has 0 fully saturated rings. The largest absolute Gasteiger partial charge is 0.330 e. The van der Waals surface area contributed by atoms with Crippen LogP contribution in [0, 0.1) is 0 Å². The van der Waals surface area contributed by atoms with Crippen molar-refractivity contribution >= 4 is 5.91 Å². The lowest BCUT2D eigenvalue weighted by molar-refractivity contribution is 0.0902. The molecule has 0 aromatic carbocycles. The summed E-state index contributed by atoms with van der Waals surface area (Å²) in [5.41, 5.74) is 7.36. The van der Waals surface area contributed by atoms with Crippen molar-refractivity contribution in [3.05, 3.63) is 48.3 Å². The van der Waals surface area contributed by atoms with Crippen LogP contribution in [0.2, 0.25) is 0 Å². The average Bonchev–Trinajstić information content (AvgIpc) is 2.86. The molecule has 0 aliphatic heterocycles. The van der Waals surface area contributed by atoms with E-state index in [2.05, 4.69) is 9.97 Å². The summed E-state index contributed by atoms with van der Waals surface area (Å²) in [5.74, 6) is 0.0367. The summed E-state index contributed by atoms with van der Waals surface area (Å²) in [4.78, 5) is 20.1. The molecule has 0 saturated carbocycles. The molecule has 2 aromatic heterocycles. The number of hydrogen-bond acceptors (Lipinski definition) is 4. The Morgan fingerprint density at radius 1 is 1.39 bits per heavy atom. The van der Waals surface area contributed by atoms with Gasteiger partial charge in [0.2, 0.25) is 5.91 Å². The van der Waals surface area contributed by atoms with Crippen LogP contribution in [0.25, 0.3) is 0 Å². The molecule has 0 saturated heterocycles. The van der Waals surface area contributed by atoms with E-state index in [4.69, 9.17) is 5.73 Å². The molecule has 0 atom stereocenters. The molecule has 0 radical (unpaired) electrons. The topological polar surface area (TPSA) is 73.8 Å². The van der Waals surface area contributed by atoms with Gasteiger partial charge in [-0.25, -0.2) is 4.98 Å². The number of aryl methyl sites for hydroxylation is 1. The summed E-state index contributed by atoms with van der Waals surface area (Å²) >= 11 is 0. The quantitative estimate of drug-likeness (QED) is 0.853. The molecule has 0 aliphatic rings. The van der Waals surface area contributed by atoms with Crippen molar-refractivity contribution in [1.29, 1.82) is 0 Å². The van der Waals surface area contributed by atoms with Crippen molar-refractivity contribution in [2.24, 2.45) is 5.73 Å². The molecule has 5 nitrogen and oxygen atoms in total. The Morgan fingerprint density at radius 3 is 3.00 bits per heavy atom. The summed E-state index contributed by atoms with van der Waals surface area (Å²) in [5, 5.41) is 0. The maximum absolute atomic E-state index is 11.9. The fraction of sp³-hybridized carbons (Fsp3) is 0.308. The zero-order valence-electron chi connectivity index (χ0n) is 10.1. The fourth-order valence-electron chi connectivity index (χ4n) is 1.70. The van der Waals surface area contributed by atoms with Crippen molar-refractivity contribution in [3.8, 4) is 0 Å². The SMILES string of the molecule is NCCc1cn(C(=O)CCc2cccnc2)cn1. The molecule has 0 unspecified atom stereocenters. The van der Waals surface area contributed by atoms with E-state index in [0.717, 1.165) is 11.3 Å². The van der Waals surface area contributed by atoms with Gasteiger partial charge in [0.1, 0.15) is 6.33 Å². The first-order valence-corrected chi connectivity index (χ1v) is 5.94. The predicted molar refractivity (Wildman–Crippen MR) is 68.2 cm³/mol. The Balaban J connectivity index is 1.91. The van der Waals surface area contributed by atoms with Gasteiger partial charge in [0.15, 0.2) is 0 Å². The van der Waals surface area contributed by atoms with Crippen molar-refractivity contribution in [2.75, 3.05) is 6.54 Å². The van der Waals surface area contributed by atoms with Gasteiger partial charge in [0.05, 0.1) is 5.69 Å². The monoisotopic (exact) mass is 244 g/mol. The van der Waals surface area contributed by atoms with E-state index in [0.29, 0.717) is 25.8 Å². The first-order chi connectivity index (χ1) is 8.79. The fourth-order valence-corrected chi connectivity index (χ4v) is 1.70. The third-order valence-corrected chi connectivity index (χ3v) is 2.67. The van der Waals surface area contributed by atoms with E-state index in [-0.39, 0.29) is 5.91 Å². The van der Waals surface area contributed by atoms with Crippen LogP contribution in [0.3, 0.4) is 0 Å². The number of carbonyl (C=O) groups is 1. The second-order valence-electron chi connectivity index (χ2n) is 4.07. The van der Waals surface area contributed by atoms with Gasteiger partial charge in [-0.1, -0.05) is 6.07 Å². The lowest BCUT2D eigenvalue weighted by Crippen LogP contribution is -2.09. The highest BCUT2D eigenvalue weighted by molar-refractivity contribution is 5.78. The summed E-state index contributed by atoms with van der Waals surface area (Å²) < 4.78 is 1.53. The van der Waals surface area contributed by atoms with E-state index in [1.54, 1.807) is 24.9 Å². The molecule has 0 spiro atoms. The lowest BCUT2D eigenvalue weighted by atomic mass is 10.1. The van der Waals surface area contributed by atoms with Crippen LogP contribution in [0.1, 0.15) is 22.5 Å². The first kappa shape index (κ1) is 12.4. The van der Waals surface area contributed by atoms with Gasteiger partial charge in [-0.05, 0) is 24.6 Å². The first-order valence-electron chi connectivity index (χ1n) is 5.94. The number of rotatable bonds is 5. The van der Waals surface area contributed by atoms with Crippen LogP contribution < -0.4 is 5.73 Å². The van der Waals surface area contributed by atoms with E-state index < -0.39 is 0 Å². The minimum Gasteiger partial charge on any atom is -0.330 e. The lowest BCUT2D eigenvalue weighted by Gasteiger charge is -2.01. The molecular weight excluding hydrogens is 228 g/mol. The Morgan fingerprint density at radius 2 is 2.28 bits per heavy atom.